The van der Waals surface area contributed by atoms with E-state index >= 15 is 0 Å². The third kappa shape index (κ3) is 8.53. The maximum Gasteiger partial charge on any atom is 0.400 e. The minimum Gasteiger partial charge on any atom is -0.453 e. The maximum absolute atomic E-state index is 14.9. The van der Waals surface area contributed by atoms with Crippen LogP contribution in [0.25, 0.3) is 0 Å². The van der Waals surface area contributed by atoms with Gasteiger partial charge in [-0.3, -0.25) is 0 Å². The summed E-state index contributed by atoms with van der Waals surface area (Å²) in [6, 6.07) is 0.923. The van der Waals surface area contributed by atoms with Crippen LogP contribution in [-0.4, -0.2) is 18.3 Å². The number of rotatable bonds is 11. The molecule has 3 aliphatic rings. The van der Waals surface area contributed by atoms with E-state index in [9.17, 15) is 35.1 Å². The Kier molecular flexibility index (Phi) is 11.1. The zero-order chi connectivity index (χ0) is 30.5. The van der Waals surface area contributed by atoms with Crippen molar-refractivity contribution in [2.75, 3.05) is 0 Å². The van der Waals surface area contributed by atoms with Crippen LogP contribution in [0.3, 0.4) is 0 Å². The van der Waals surface area contributed by atoms with E-state index in [1.165, 1.54) is 0 Å². The van der Waals surface area contributed by atoms with Crippen LogP contribution < -0.4 is 9.47 Å². The molecule has 0 unspecified atom stereocenters. The second kappa shape index (κ2) is 14.2. The smallest absolute Gasteiger partial charge is 0.400 e. The number of benzene rings is 1. The first-order valence-electron chi connectivity index (χ1n) is 15.2. The van der Waals surface area contributed by atoms with Crippen molar-refractivity contribution >= 4 is 0 Å². The summed E-state index contributed by atoms with van der Waals surface area (Å²) in [5.41, 5.74) is 0. The van der Waals surface area contributed by atoms with Crippen molar-refractivity contribution in [2.24, 2.45) is 29.6 Å². The van der Waals surface area contributed by atoms with Crippen LogP contribution >= 0.6 is 0 Å². The topological polar surface area (TPSA) is 27.7 Å². The fourth-order valence-corrected chi connectivity index (χ4v) is 7.17. The van der Waals surface area contributed by atoms with E-state index in [1.54, 1.807) is 0 Å². The summed E-state index contributed by atoms with van der Waals surface area (Å²) in [6.45, 7) is 2.12. The number of halogens is 8. The van der Waals surface area contributed by atoms with Gasteiger partial charge in [-0.2, -0.15) is 26.3 Å². The van der Waals surface area contributed by atoms with Gasteiger partial charge < -0.3 is 14.2 Å². The fraction of sp³-hybridized carbons (Fsp3) is 0.742. The maximum atomic E-state index is 14.9. The van der Waals surface area contributed by atoms with Crippen LogP contribution in [0.5, 0.6) is 11.5 Å². The monoisotopic (exact) mass is 612 g/mol. The summed E-state index contributed by atoms with van der Waals surface area (Å²) >= 11 is 0. The average Bonchev–Trinajstić information content (AvgIpc) is 2.93. The van der Waals surface area contributed by atoms with Gasteiger partial charge in [0.15, 0.2) is 23.6 Å². The standard InChI is InChI=1S/C31H40F8O3/c1-2-3-19-4-10-22(11-5-19)30(36,37)41-24-14-8-21(9-15-24)20-6-12-23(13-7-20)31(38,39)42-25-16-26(32)29(27(33)17-25)40-18-28(34)35/h16-24H,2-15H2,1H3. The first-order chi connectivity index (χ1) is 19.9. The summed E-state index contributed by atoms with van der Waals surface area (Å²) in [7, 11) is 0. The zero-order valence-corrected chi connectivity index (χ0v) is 23.8. The second-order valence-corrected chi connectivity index (χ2v) is 12.2. The lowest BCUT2D eigenvalue weighted by Gasteiger charge is -2.40. The van der Waals surface area contributed by atoms with Gasteiger partial charge in [-0.15, -0.1) is 0 Å². The summed E-state index contributed by atoms with van der Waals surface area (Å²) in [4.78, 5) is 0. The van der Waals surface area contributed by atoms with Crippen LogP contribution in [-0.2, 0) is 4.74 Å². The van der Waals surface area contributed by atoms with Gasteiger partial charge in [0.1, 0.15) is 5.75 Å². The van der Waals surface area contributed by atoms with Crippen molar-refractivity contribution in [1.29, 1.82) is 0 Å². The number of alkyl halides is 4. The fourth-order valence-electron chi connectivity index (χ4n) is 7.17. The van der Waals surface area contributed by atoms with Crippen molar-refractivity contribution in [3.8, 4) is 11.5 Å². The first-order valence-corrected chi connectivity index (χ1v) is 15.2. The molecule has 1 aromatic rings. The summed E-state index contributed by atoms with van der Waals surface area (Å²) < 4.78 is 126. The minimum absolute atomic E-state index is 0.138. The number of ether oxygens (including phenoxy) is 3. The minimum atomic E-state index is -3.70. The molecule has 0 aliphatic heterocycles. The average molecular weight is 613 g/mol. The number of hydrogen-bond donors (Lipinski definition) is 0. The lowest BCUT2D eigenvalue weighted by molar-refractivity contribution is -0.302. The molecule has 0 bridgehead atoms. The molecule has 0 spiro atoms. The van der Waals surface area contributed by atoms with E-state index in [2.05, 4.69) is 16.4 Å². The molecule has 0 N–H and O–H groups in total. The zero-order valence-electron chi connectivity index (χ0n) is 23.8. The first kappa shape index (κ1) is 32.9. The molecule has 42 heavy (non-hydrogen) atoms. The predicted molar refractivity (Wildman–Crippen MR) is 140 cm³/mol. The Morgan fingerprint density at radius 3 is 1.79 bits per heavy atom. The highest BCUT2D eigenvalue weighted by molar-refractivity contribution is 5.35. The lowest BCUT2D eigenvalue weighted by atomic mass is 9.70. The molecule has 0 aromatic heterocycles. The van der Waals surface area contributed by atoms with Crippen molar-refractivity contribution in [3.63, 3.8) is 0 Å². The van der Waals surface area contributed by atoms with Gasteiger partial charge in [0, 0.05) is 12.1 Å². The van der Waals surface area contributed by atoms with Gasteiger partial charge >= 0.3 is 18.3 Å². The normalized spacial score (nSPS) is 29.2. The molecule has 4 rings (SSSR count). The highest BCUT2D eigenvalue weighted by Crippen LogP contribution is 2.47. The van der Waals surface area contributed by atoms with Gasteiger partial charge in [-0.25, -0.2) is 8.78 Å². The summed E-state index contributed by atoms with van der Waals surface area (Å²) in [6.07, 6.45) is -1.25. The quantitative estimate of drug-likeness (QED) is 0.184. The highest BCUT2D eigenvalue weighted by Gasteiger charge is 2.47. The molecule has 1 aromatic carbocycles. The molecule has 238 valence electrons. The Labute approximate surface area is 242 Å². The molecule has 0 saturated heterocycles. The Hall–Kier alpha value is -2.04. The van der Waals surface area contributed by atoms with E-state index in [4.69, 9.17) is 4.74 Å². The second-order valence-electron chi connectivity index (χ2n) is 12.2. The van der Waals surface area contributed by atoms with E-state index in [0.29, 0.717) is 69.4 Å². The molecule has 0 amide bonds. The molecule has 11 heteroatoms. The van der Waals surface area contributed by atoms with Crippen molar-refractivity contribution in [3.05, 3.63) is 36.1 Å². The lowest BCUT2D eigenvalue weighted by Crippen LogP contribution is -2.40. The van der Waals surface area contributed by atoms with Gasteiger partial charge in [0.2, 0.25) is 0 Å². The summed E-state index contributed by atoms with van der Waals surface area (Å²) in [5.74, 6) is -5.79. The van der Waals surface area contributed by atoms with Crippen LogP contribution in [0.4, 0.5) is 35.1 Å². The SMILES string of the molecule is CCCC1CCC(C(F)(F)OC2CCC(C3CCC(C(F)(F)Oc4cc(F)c(OC=C(F)F)c(F)c4)CC3)CC2)CC1. The molecule has 0 atom stereocenters. The van der Waals surface area contributed by atoms with Crippen molar-refractivity contribution < 1.29 is 49.3 Å². The third-order valence-electron chi connectivity index (χ3n) is 9.47. The molecular weight excluding hydrogens is 572 g/mol. The van der Waals surface area contributed by atoms with E-state index < -0.39 is 59.4 Å². The van der Waals surface area contributed by atoms with Crippen LogP contribution in [0.1, 0.15) is 96.8 Å². The molecular formula is C31H40F8O3. The van der Waals surface area contributed by atoms with E-state index in [1.807, 2.05) is 0 Å². The Bertz CT molecular complexity index is 1010. The molecule has 0 heterocycles. The van der Waals surface area contributed by atoms with Crippen LogP contribution in [0.2, 0.25) is 0 Å². The highest BCUT2D eigenvalue weighted by atomic mass is 19.3. The summed E-state index contributed by atoms with van der Waals surface area (Å²) in [5, 5.41) is 0. The Balaban J connectivity index is 1.22. The number of hydrogen-bond acceptors (Lipinski definition) is 3. The van der Waals surface area contributed by atoms with Gasteiger partial charge in [0.25, 0.3) is 0 Å². The van der Waals surface area contributed by atoms with Crippen molar-refractivity contribution in [2.45, 2.75) is 115 Å². The Morgan fingerprint density at radius 1 is 0.762 bits per heavy atom. The molecule has 3 fully saturated rings. The molecule has 3 saturated carbocycles. The predicted octanol–water partition coefficient (Wildman–Crippen LogP) is 10.6. The van der Waals surface area contributed by atoms with Crippen LogP contribution in [0.15, 0.2) is 24.5 Å². The molecule has 3 aliphatic carbocycles. The van der Waals surface area contributed by atoms with E-state index in [0.717, 1.165) is 25.7 Å². The Morgan fingerprint density at radius 2 is 1.26 bits per heavy atom. The van der Waals surface area contributed by atoms with Gasteiger partial charge in [0.05, 0.1) is 17.9 Å². The third-order valence-corrected chi connectivity index (χ3v) is 9.47. The van der Waals surface area contributed by atoms with Crippen LogP contribution in [0, 0.1) is 41.2 Å². The van der Waals surface area contributed by atoms with E-state index in [-0.39, 0.29) is 30.9 Å². The van der Waals surface area contributed by atoms with Gasteiger partial charge in [-0.1, -0.05) is 19.8 Å². The largest absolute Gasteiger partial charge is 0.453 e. The molecule has 0 radical (unpaired) electrons. The molecule has 3 nitrogen and oxygen atoms in total. The van der Waals surface area contributed by atoms with Gasteiger partial charge in [-0.05, 0) is 94.8 Å². The van der Waals surface area contributed by atoms with Crippen molar-refractivity contribution in [1.82, 2.24) is 0 Å².